The fraction of sp³-hybridized carbons (Fsp3) is 0.718. The predicted octanol–water partition coefficient (Wildman–Crippen LogP) is 8.12. The SMILES string of the molecule is COC1CCC([C@@H]2CCN(C(=O)C3CCC([C@H](C)CF)CC3)[C@@H]2C(=O)Cc2ccc3oc(C(=O)OCC4CCCCC4)cc3c2)CC1. The van der Waals surface area contributed by atoms with E-state index >= 15 is 0 Å². The molecule has 1 amide bonds. The zero-order chi connectivity index (χ0) is 32.9. The van der Waals surface area contributed by atoms with Crippen LogP contribution in [0, 0.1) is 35.5 Å². The minimum Gasteiger partial charge on any atom is -0.460 e. The van der Waals surface area contributed by atoms with Gasteiger partial charge in [-0.1, -0.05) is 32.3 Å². The van der Waals surface area contributed by atoms with Gasteiger partial charge in [0.05, 0.1) is 25.4 Å². The summed E-state index contributed by atoms with van der Waals surface area (Å²) in [6.45, 7) is 2.71. The van der Waals surface area contributed by atoms with Crippen LogP contribution in [-0.4, -0.2) is 61.6 Å². The number of fused-ring (bicyclic) bond motifs is 1. The molecule has 6 rings (SSSR count). The van der Waals surface area contributed by atoms with Crippen LogP contribution in [-0.2, 0) is 25.5 Å². The molecule has 0 radical (unpaired) electrons. The van der Waals surface area contributed by atoms with Crippen molar-refractivity contribution in [1.82, 2.24) is 4.90 Å². The number of furan rings is 1. The van der Waals surface area contributed by atoms with Gasteiger partial charge in [-0.15, -0.1) is 0 Å². The van der Waals surface area contributed by atoms with Crippen LogP contribution in [0.4, 0.5) is 4.39 Å². The number of rotatable bonds is 11. The number of ketones is 1. The van der Waals surface area contributed by atoms with Crippen LogP contribution in [0.3, 0.4) is 0 Å². The van der Waals surface area contributed by atoms with E-state index in [0.717, 1.165) is 81.6 Å². The van der Waals surface area contributed by atoms with Crippen LogP contribution in [0.1, 0.15) is 113 Å². The highest BCUT2D eigenvalue weighted by Gasteiger charge is 2.47. The first-order chi connectivity index (χ1) is 22.8. The summed E-state index contributed by atoms with van der Waals surface area (Å²) in [5, 5.41) is 0.771. The molecule has 0 spiro atoms. The number of carbonyl (C=O) groups excluding carboxylic acids is 3. The molecule has 1 aromatic carbocycles. The van der Waals surface area contributed by atoms with Crippen molar-refractivity contribution >= 4 is 28.6 Å². The number of Topliss-reactive ketones (excluding diaryl/α,β-unsaturated/α-hetero) is 1. The summed E-state index contributed by atoms with van der Waals surface area (Å²) in [6, 6.07) is 6.94. The first-order valence-corrected chi connectivity index (χ1v) is 18.5. The molecule has 258 valence electrons. The van der Waals surface area contributed by atoms with Gasteiger partial charge >= 0.3 is 5.97 Å². The molecule has 4 fully saturated rings. The van der Waals surface area contributed by atoms with Gasteiger partial charge in [0, 0.05) is 31.4 Å². The Balaban J connectivity index is 1.15. The summed E-state index contributed by atoms with van der Waals surface area (Å²) in [4.78, 5) is 43.1. The number of likely N-dealkylation sites (tertiary alicyclic amines) is 1. The Morgan fingerprint density at radius 1 is 0.936 bits per heavy atom. The molecule has 7 nitrogen and oxygen atoms in total. The second-order valence-electron chi connectivity index (χ2n) is 15.2. The van der Waals surface area contributed by atoms with Crippen molar-refractivity contribution in [1.29, 1.82) is 0 Å². The van der Waals surface area contributed by atoms with E-state index in [0.29, 0.717) is 36.5 Å². The van der Waals surface area contributed by atoms with Crippen molar-refractivity contribution in [2.45, 2.75) is 115 Å². The summed E-state index contributed by atoms with van der Waals surface area (Å²) in [5.41, 5.74) is 1.45. The van der Waals surface area contributed by atoms with Crippen LogP contribution >= 0.6 is 0 Å². The van der Waals surface area contributed by atoms with E-state index in [1.807, 2.05) is 30.0 Å². The summed E-state index contributed by atoms with van der Waals surface area (Å²) in [6.07, 6.45) is 14.5. The Hall–Kier alpha value is -2.74. The molecule has 3 saturated carbocycles. The van der Waals surface area contributed by atoms with Gasteiger partial charge in [0.15, 0.2) is 5.78 Å². The zero-order valence-corrected chi connectivity index (χ0v) is 28.4. The Labute approximate surface area is 279 Å². The van der Waals surface area contributed by atoms with Crippen LogP contribution in [0.5, 0.6) is 0 Å². The highest BCUT2D eigenvalue weighted by Crippen LogP contribution is 2.42. The molecule has 1 saturated heterocycles. The third-order valence-electron chi connectivity index (χ3n) is 12.2. The second kappa shape index (κ2) is 15.7. The first kappa shape index (κ1) is 34.1. The molecule has 1 aromatic heterocycles. The largest absolute Gasteiger partial charge is 0.460 e. The molecule has 8 heteroatoms. The number of alkyl halides is 1. The molecule has 47 heavy (non-hydrogen) atoms. The number of esters is 1. The van der Waals surface area contributed by atoms with Gasteiger partial charge in [0.25, 0.3) is 0 Å². The fourth-order valence-corrected chi connectivity index (χ4v) is 9.25. The summed E-state index contributed by atoms with van der Waals surface area (Å²) in [7, 11) is 1.77. The highest BCUT2D eigenvalue weighted by molar-refractivity contribution is 5.94. The topological polar surface area (TPSA) is 86.0 Å². The average molecular weight is 652 g/mol. The maximum atomic E-state index is 14.3. The predicted molar refractivity (Wildman–Crippen MR) is 179 cm³/mol. The molecule has 3 atom stereocenters. The van der Waals surface area contributed by atoms with Crippen LogP contribution in [0.2, 0.25) is 0 Å². The van der Waals surface area contributed by atoms with Crippen molar-refractivity contribution in [2.75, 3.05) is 26.9 Å². The number of nitrogens with zero attached hydrogens (tertiary/aromatic N) is 1. The standard InChI is InChI=1S/C39H54FNO6/c1-25(23-40)28-9-11-30(12-10-28)38(43)41-19-18-33(29-13-15-32(45-2)16-14-29)37(41)34(42)21-27-8-17-35-31(20-27)22-36(47-35)39(44)46-24-26-6-4-3-5-7-26/h8,17,20,22,25-26,28-30,32-33,37H,3-7,9-16,18-19,21,23-24H2,1-2H3/t25-,28?,29?,30?,32?,33+,37+/m1/s1. The minimum atomic E-state index is -0.441. The van der Waals surface area contributed by atoms with Crippen LogP contribution in [0.15, 0.2) is 28.7 Å². The van der Waals surface area contributed by atoms with Crippen molar-refractivity contribution in [3.05, 3.63) is 35.6 Å². The van der Waals surface area contributed by atoms with E-state index in [9.17, 15) is 18.8 Å². The number of hydrogen-bond donors (Lipinski definition) is 0. The second-order valence-corrected chi connectivity index (χ2v) is 15.2. The number of benzene rings is 1. The van der Waals surface area contributed by atoms with Crippen LogP contribution < -0.4 is 0 Å². The third kappa shape index (κ3) is 7.95. The smallest absolute Gasteiger partial charge is 0.374 e. The van der Waals surface area contributed by atoms with E-state index < -0.39 is 12.0 Å². The van der Waals surface area contributed by atoms with E-state index in [1.165, 1.54) is 19.3 Å². The maximum Gasteiger partial charge on any atom is 0.374 e. The number of amides is 1. The average Bonchev–Trinajstić information content (AvgIpc) is 3.76. The number of methoxy groups -OCH3 is 1. The van der Waals surface area contributed by atoms with Gasteiger partial charge in [-0.3, -0.25) is 14.0 Å². The molecule has 4 aliphatic rings. The Bertz CT molecular complexity index is 1370. The van der Waals surface area contributed by atoms with Gasteiger partial charge < -0.3 is 18.8 Å². The van der Waals surface area contributed by atoms with Crippen molar-refractivity contribution < 1.29 is 32.7 Å². The van der Waals surface area contributed by atoms with Crippen LogP contribution in [0.25, 0.3) is 11.0 Å². The lowest BCUT2D eigenvalue weighted by molar-refractivity contribution is -0.143. The molecular formula is C39H54FNO6. The number of ether oxygens (including phenoxy) is 2. The molecule has 0 unspecified atom stereocenters. The van der Waals surface area contributed by atoms with E-state index in [-0.39, 0.29) is 54.4 Å². The summed E-state index contributed by atoms with van der Waals surface area (Å²) < 4.78 is 30.4. The van der Waals surface area contributed by atoms with E-state index in [4.69, 9.17) is 13.9 Å². The van der Waals surface area contributed by atoms with E-state index in [1.54, 1.807) is 13.2 Å². The molecular weight excluding hydrogens is 597 g/mol. The van der Waals surface area contributed by atoms with Gasteiger partial charge in [0.1, 0.15) is 5.58 Å². The fourth-order valence-electron chi connectivity index (χ4n) is 9.25. The number of carbonyl (C=O) groups is 3. The Kier molecular flexibility index (Phi) is 11.4. The lowest BCUT2D eigenvalue weighted by Crippen LogP contribution is -2.48. The van der Waals surface area contributed by atoms with Gasteiger partial charge in [-0.2, -0.15) is 0 Å². The highest BCUT2D eigenvalue weighted by atomic mass is 19.1. The van der Waals surface area contributed by atoms with Gasteiger partial charge in [-0.05, 0) is 124 Å². The quantitative estimate of drug-likeness (QED) is 0.228. The van der Waals surface area contributed by atoms with E-state index in [2.05, 4.69) is 0 Å². The van der Waals surface area contributed by atoms with Crippen molar-refractivity contribution in [3.63, 3.8) is 0 Å². The zero-order valence-electron chi connectivity index (χ0n) is 28.4. The molecule has 0 N–H and O–H groups in total. The minimum absolute atomic E-state index is 0.0367. The molecule has 0 bridgehead atoms. The van der Waals surface area contributed by atoms with Crippen molar-refractivity contribution in [2.24, 2.45) is 35.5 Å². The molecule has 2 aromatic rings. The van der Waals surface area contributed by atoms with Gasteiger partial charge in [0.2, 0.25) is 11.7 Å². The Morgan fingerprint density at radius 2 is 1.68 bits per heavy atom. The summed E-state index contributed by atoms with van der Waals surface area (Å²) >= 11 is 0. The normalized spacial score (nSPS) is 29.6. The third-order valence-corrected chi connectivity index (χ3v) is 12.2. The monoisotopic (exact) mass is 651 g/mol. The molecule has 3 aliphatic carbocycles. The maximum absolute atomic E-state index is 14.3. The van der Waals surface area contributed by atoms with Gasteiger partial charge in [-0.25, -0.2) is 4.79 Å². The number of halogens is 1. The molecule has 1 aliphatic heterocycles. The molecule has 2 heterocycles. The lowest BCUT2D eigenvalue weighted by atomic mass is 9.74. The first-order valence-electron chi connectivity index (χ1n) is 18.5. The summed E-state index contributed by atoms with van der Waals surface area (Å²) in [5.74, 6) is 1.20. The lowest BCUT2D eigenvalue weighted by Gasteiger charge is -2.37. The number of hydrogen-bond acceptors (Lipinski definition) is 6. The Morgan fingerprint density at radius 3 is 2.38 bits per heavy atom. The van der Waals surface area contributed by atoms with Crippen molar-refractivity contribution in [3.8, 4) is 0 Å².